The van der Waals surface area contributed by atoms with Crippen LogP contribution < -0.4 is 5.32 Å². The van der Waals surface area contributed by atoms with Crippen molar-refractivity contribution in [2.45, 2.75) is 50.8 Å². The molecule has 1 unspecified atom stereocenters. The zero-order valence-corrected chi connectivity index (χ0v) is 16.4. The molecule has 0 aromatic carbocycles. The summed E-state index contributed by atoms with van der Waals surface area (Å²) in [5.41, 5.74) is 1.11. The van der Waals surface area contributed by atoms with Gasteiger partial charge in [0, 0.05) is 31.9 Å². The Bertz CT molecular complexity index is 667. The number of hydrogen-bond acceptors (Lipinski definition) is 4. The molecule has 1 saturated heterocycles. The van der Waals surface area contributed by atoms with Crippen LogP contribution in [0.2, 0.25) is 5.15 Å². The molecule has 1 atom stereocenters. The normalized spacial score (nSPS) is 38.1. The first-order valence-corrected chi connectivity index (χ1v) is 10.8. The molecular formula is C21H28ClN3O2. The molecule has 5 nitrogen and oxygen atoms in total. The van der Waals surface area contributed by atoms with Crippen LogP contribution in [0.4, 0.5) is 0 Å². The van der Waals surface area contributed by atoms with E-state index in [2.05, 4.69) is 15.2 Å². The Morgan fingerprint density at radius 1 is 1.19 bits per heavy atom. The van der Waals surface area contributed by atoms with Crippen LogP contribution in [0, 0.1) is 23.7 Å². The summed E-state index contributed by atoms with van der Waals surface area (Å²) in [7, 11) is 0. The number of carbonyl (C=O) groups is 1. The molecule has 27 heavy (non-hydrogen) atoms. The van der Waals surface area contributed by atoms with Crippen LogP contribution in [0.15, 0.2) is 18.3 Å². The van der Waals surface area contributed by atoms with Crippen molar-refractivity contribution in [3.05, 3.63) is 29.0 Å². The number of halogens is 1. The second-order valence-corrected chi connectivity index (χ2v) is 9.44. The van der Waals surface area contributed by atoms with Crippen molar-refractivity contribution in [1.82, 2.24) is 15.2 Å². The lowest BCUT2D eigenvalue weighted by Crippen LogP contribution is -2.59. The molecular weight excluding hydrogens is 362 g/mol. The summed E-state index contributed by atoms with van der Waals surface area (Å²) in [6, 6.07) is 4.19. The number of nitrogens with one attached hydrogen (secondary N) is 1. The van der Waals surface area contributed by atoms with Crippen molar-refractivity contribution in [1.29, 1.82) is 0 Å². The lowest BCUT2D eigenvalue weighted by atomic mass is 9.54. The van der Waals surface area contributed by atoms with E-state index < -0.39 is 0 Å². The van der Waals surface area contributed by atoms with Crippen molar-refractivity contribution in [3.63, 3.8) is 0 Å². The van der Waals surface area contributed by atoms with Gasteiger partial charge in [-0.2, -0.15) is 0 Å². The Balaban J connectivity index is 1.18. The fraction of sp³-hybridized carbons (Fsp3) is 0.714. The summed E-state index contributed by atoms with van der Waals surface area (Å²) in [5.74, 6) is 3.34. The molecule has 1 aliphatic heterocycles. The first-order valence-electron chi connectivity index (χ1n) is 10.4. The molecule has 1 aromatic heterocycles. The molecule has 0 spiro atoms. The van der Waals surface area contributed by atoms with E-state index in [1.54, 1.807) is 6.20 Å². The number of amides is 1. The summed E-state index contributed by atoms with van der Waals surface area (Å²) < 4.78 is 5.83. The van der Waals surface area contributed by atoms with Crippen molar-refractivity contribution < 1.29 is 9.53 Å². The first kappa shape index (κ1) is 17.9. The molecule has 1 aromatic rings. The number of rotatable bonds is 4. The molecule has 1 N–H and O–H groups in total. The summed E-state index contributed by atoms with van der Waals surface area (Å²) >= 11 is 5.87. The molecule has 2 heterocycles. The maximum atomic E-state index is 12.9. The van der Waals surface area contributed by atoms with E-state index in [4.69, 9.17) is 16.3 Å². The van der Waals surface area contributed by atoms with Gasteiger partial charge in [0.05, 0.1) is 6.61 Å². The summed E-state index contributed by atoms with van der Waals surface area (Å²) in [6.07, 6.45) is 8.16. The average Bonchev–Trinajstić information content (AvgIpc) is 2.66. The van der Waals surface area contributed by atoms with E-state index in [9.17, 15) is 4.79 Å². The minimum Gasteiger partial charge on any atom is -0.366 e. The number of carbonyl (C=O) groups excluding carboxylic acids is 1. The van der Waals surface area contributed by atoms with Gasteiger partial charge in [-0.1, -0.05) is 17.7 Å². The van der Waals surface area contributed by atoms with Crippen LogP contribution in [0.3, 0.4) is 0 Å². The fourth-order valence-corrected chi connectivity index (χ4v) is 6.29. The Morgan fingerprint density at radius 2 is 1.93 bits per heavy atom. The van der Waals surface area contributed by atoms with Crippen LogP contribution in [0.5, 0.6) is 0 Å². The molecule has 5 aliphatic rings. The van der Waals surface area contributed by atoms with Gasteiger partial charge in [-0.3, -0.25) is 9.69 Å². The third-order valence-corrected chi connectivity index (χ3v) is 7.40. The SMILES string of the molecule is O=C(NC1C2CC3CC(C2)CC1C3)C1CN(Cc2ccc(Cl)nc2)CCO1. The molecule has 6 rings (SSSR count). The summed E-state index contributed by atoms with van der Waals surface area (Å²) in [5, 5.41) is 3.91. The Hall–Kier alpha value is -1.17. The number of ether oxygens (including phenoxy) is 1. The Labute approximate surface area is 165 Å². The quantitative estimate of drug-likeness (QED) is 0.804. The number of pyridine rings is 1. The minimum absolute atomic E-state index is 0.0893. The molecule has 1 amide bonds. The smallest absolute Gasteiger partial charge is 0.250 e. The maximum Gasteiger partial charge on any atom is 0.250 e. The second-order valence-electron chi connectivity index (χ2n) is 9.05. The zero-order valence-electron chi connectivity index (χ0n) is 15.6. The summed E-state index contributed by atoms with van der Waals surface area (Å²) in [6.45, 7) is 2.85. The van der Waals surface area contributed by atoms with E-state index in [-0.39, 0.29) is 12.0 Å². The zero-order chi connectivity index (χ0) is 18.4. The largest absolute Gasteiger partial charge is 0.366 e. The number of morpholine rings is 1. The van der Waals surface area contributed by atoms with Crippen molar-refractivity contribution in [2.24, 2.45) is 23.7 Å². The monoisotopic (exact) mass is 389 g/mol. The van der Waals surface area contributed by atoms with Gasteiger partial charge in [0.15, 0.2) is 0 Å². The van der Waals surface area contributed by atoms with Crippen LogP contribution in [-0.4, -0.2) is 47.6 Å². The molecule has 5 fully saturated rings. The molecule has 0 radical (unpaired) electrons. The second kappa shape index (κ2) is 7.34. The number of aromatic nitrogens is 1. The third-order valence-electron chi connectivity index (χ3n) is 7.17. The van der Waals surface area contributed by atoms with Crippen LogP contribution in [0.25, 0.3) is 0 Å². The molecule has 4 aliphatic carbocycles. The van der Waals surface area contributed by atoms with Gasteiger partial charge >= 0.3 is 0 Å². The number of hydrogen-bond donors (Lipinski definition) is 1. The van der Waals surface area contributed by atoms with Crippen LogP contribution in [0.1, 0.15) is 37.7 Å². The van der Waals surface area contributed by atoms with Crippen LogP contribution in [-0.2, 0) is 16.1 Å². The predicted molar refractivity (Wildman–Crippen MR) is 103 cm³/mol. The van der Waals surface area contributed by atoms with E-state index in [0.717, 1.165) is 30.5 Å². The minimum atomic E-state index is -0.365. The fourth-order valence-electron chi connectivity index (χ4n) is 6.18. The van der Waals surface area contributed by atoms with E-state index in [1.807, 2.05) is 12.1 Å². The maximum absolute atomic E-state index is 12.9. The van der Waals surface area contributed by atoms with Gasteiger partial charge in [0.25, 0.3) is 5.91 Å². The summed E-state index contributed by atoms with van der Waals surface area (Å²) in [4.78, 5) is 19.4. The average molecular weight is 390 g/mol. The topological polar surface area (TPSA) is 54.5 Å². The van der Waals surface area contributed by atoms with Gasteiger partial charge in [-0.25, -0.2) is 4.98 Å². The van der Waals surface area contributed by atoms with Gasteiger partial charge < -0.3 is 10.1 Å². The lowest BCUT2D eigenvalue weighted by molar-refractivity contribution is -0.142. The van der Waals surface area contributed by atoms with Crippen molar-refractivity contribution in [2.75, 3.05) is 19.7 Å². The highest BCUT2D eigenvalue weighted by Crippen LogP contribution is 2.53. The molecule has 4 bridgehead atoms. The number of nitrogens with zero attached hydrogens (tertiary/aromatic N) is 2. The van der Waals surface area contributed by atoms with Gasteiger partial charge in [0.1, 0.15) is 11.3 Å². The molecule has 146 valence electrons. The third kappa shape index (κ3) is 3.74. The Kier molecular flexibility index (Phi) is 4.87. The van der Waals surface area contributed by atoms with Gasteiger partial charge in [0.2, 0.25) is 0 Å². The standard InChI is InChI=1S/C21H28ClN3O2/c22-19-2-1-13(10-23-19)11-25-3-4-27-18(12-25)21(26)24-20-16-6-14-5-15(8-16)9-17(20)7-14/h1-2,10,14-18,20H,3-9,11-12H2,(H,24,26). The Morgan fingerprint density at radius 3 is 2.59 bits per heavy atom. The highest BCUT2D eigenvalue weighted by molar-refractivity contribution is 6.29. The molecule has 4 saturated carbocycles. The lowest BCUT2D eigenvalue weighted by Gasteiger charge is -2.54. The van der Waals surface area contributed by atoms with E-state index in [0.29, 0.717) is 36.2 Å². The molecule has 6 heteroatoms. The van der Waals surface area contributed by atoms with E-state index >= 15 is 0 Å². The van der Waals surface area contributed by atoms with Crippen molar-refractivity contribution in [3.8, 4) is 0 Å². The highest BCUT2D eigenvalue weighted by atomic mass is 35.5. The van der Waals surface area contributed by atoms with Gasteiger partial charge in [-0.15, -0.1) is 0 Å². The van der Waals surface area contributed by atoms with Gasteiger partial charge in [-0.05, 0) is 67.4 Å². The van der Waals surface area contributed by atoms with E-state index in [1.165, 1.54) is 32.1 Å². The van der Waals surface area contributed by atoms with Crippen LogP contribution >= 0.6 is 11.6 Å². The van der Waals surface area contributed by atoms with Crippen molar-refractivity contribution >= 4 is 17.5 Å². The highest BCUT2D eigenvalue weighted by Gasteiger charge is 2.49. The predicted octanol–water partition coefficient (Wildman–Crippen LogP) is 2.88. The first-order chi connectivity index (χ1) is 13.1.